The SMILES string of the molecule is CC(C)n1cnc2cc(-c3ccc4c(c3)N([C@H]3C[C@@H](N5CCCCC5)C3)C(=O)C43CCN(C4COC4)CC3)nc(Nc3cc(F)ncc3F)c21. The third-order valence-corrected chi connectivity index (χ3v) is 12.0. The van der Waals surface area contributed by atoms with Crippen molar-refractivity contribution in [1.29, 1.82) is 0 Å². The van der Waals surface area contributed by atoms with Gasteiger partial charge in [0, 0.05) is 35.4 Å². The molecule has 0 bridgehead atoms. The molecule has 3 aromatic heterocycles. The zero-order valence-electron chi connectivity index (χ0n) is 28.7. The number of aromatic nitrogens is 4. The molecular formula is C38H44F2N8O2. The fourth-order valence-electron chi connectivity index (χ4n) is 8.98. The maximum atomic E-state index is 14.8. The van der Waals surface area contributed by atoms with Crippen LogP contribution in [0, 0.1) is 11.8 Å². The summed E-state index contributed by atoms with van der Waals surface area (Å²) in [5, 5.41) is 3.05. The fraction of sp³-hybridized carbons (Fsp3) is 0.526. The maximum Gasteiger partial charge on any atom is 0.238 e. The van der Waals surface area contributed by atoms with Crippen molar-refractivity contribution in [3.05, 3.63) is 60.2 Å². The first-order valence-corrected chi connectivity index (χ1v) is 18.3. The molecule has 1 saturated carbocycles. The number of ether oxygens (including phenoxy) is 1. The van der Waals surface area contributed by atoms with Gasteiger partial charge in [-0.1, -0.05) is 18.6 Å². The van der Waals surface area contributed by atoms with Crippen molar-refractivity contribution in [2.45, 2.75) is 88.4 Å². The van der Waals surface area contributed by atoms with Gasteiger partial charge in [0.1, 0.15) is 5.52 Å². The van der Waals surface area contributed by atoms with E-state index in [0.29, 0.717) is 34.6 Å². The van der Waals surface area contributed by atoms with Gasteiger partial charge in [-0.25, -0.2) is 19.3 Å². The molecule has 5 aliphatic rings. The number of piperidine rings is 2. The molecule has 0 radical (unpaired) electrons. The number of hydrogen-bond donors (Lipinski definition) is 1. The quantitative estimate of drug-likeness (QED) is 0.231. The summed E-state index contributed by atoms with van der Waals surface area (Å²) in [5.41, 5.74) is 4.38. The number of nitrogens with one attached hydrogen (secondary N) is 1. The molecule has 0 atom stereocenters. The number of hydrogen-bond acceptors (Lipinski definition) is 8. The van der Waals surface area contributed by atoms with Crippen LogP contribution in [0.1, 0.15) is 70.4 Å². The molecule has 3 saturated heterocycles. The van der Waals surface area contributed by atoms with Crippen LogP contribution in [0.4, 0.5) is 26.0 Å². The van der Waals surface area contributed by atoms with Gasteiger partial charge in [-0.2, -0.15) is 4.39 Å². The summed E-state index contributed by atoms with van der Waals surface area (Å²) in [4.78, 5) is 35.2. The predicted molar refractivity (Wildman–Crippen MR) is 188 cm³/mol. The molecule has 1 N–H and O–H groups in total. The lowest BCUT2D eigenvalue weighted by atomic mass is 9.73. The van der Waals surface area contributed by atoms with Crippen molar-refractivity contribution >= 4 is 34.1 Å². The number of benzene rings is 1. The van der Waals surface area contributed by atoms with E-state index in [-0.39, 0.29) is 23.7 Å². The normalized spacial score (nSPS) is 24.2. The van der Waals surface area contributed by atoms with Crippen LogP contribution in [0.2, 0.25) is 0 Å². The minimum absolute atomic E-state index is 0.0549. The zero-order chi connectivity index (χ0) is 34.1. The summed E-state index contributed by atoms with van der Waals surface area (Å²) in [6, 6.07) is 10.5. The molecule has 4 fully saturated rings. The first kappa shape index (κ1) is 31.9. The minimum atomic E-state index is -0.790. The van der Waals surface area contributed by atoms with Crippen LogP contribution < -0.4 is 10.2 Å². The van der Waals surface area contributed by atoms with Crippen molar-refractivity contribution in [3.63, 3.8) is 0 Å². The van der Waals surface area contributed by atoms with Crippen LogP contribution >= 0.6 is 0 Å². The van der Waals surface area contributed by atoms with Crippen molar-refractivity contribution in [3.8, 4) is 11.3 Å². The summed E-state index contributed by atoms with van der Waals surface area (Å²) >= 11 is 0. The number of amides is 1. The van der Waals surface area contributed by atoms with Crippen molar-refractivity contribution in [1.82, 2.24) is 29.3 Å². The summed E-state index contributed by atoms with van der Waals surface area (Å²) < 4.78 is 36.4. The van der Waals surface area contributed by atoms with Crippen molar-refractivity contribution in [2.24, 2.45) is 0 Å². The van der Waals surface area contributed by atoms with E-state index in [9.17, 15) is 13.6 Å². The van der Waals surface area contributed by atoms with Crippen LogP contribution in [-0.2, 0) is 14.9 Å². The highest BCUT2D eigenvalue weighted by Gasteiger charge is 2.56. The Morgan fingerprint density at radius 2 is 1.68 bits per heavy atom. The van der Waals surface area contributed by atoms with Gasteiger partial charge in [-0.3, -0.25) is 9.69 Å². The average Bonchev–Trinajstić information content (AvgIpc) is 3.61. The van der Waals surface area contributed by atoms with Crippen LogP contribution in [-0.4, -0.2) is 92.7 Å². The molecule has 1 aliphatic carbocycles. The zero-order valence-corrected chi connectivity index (χ0v) is 28.7. The molecule has 4 aliphatic heterocycles. The van der Waals surface area contributed by atoms with E-state index < -0.39 is 17.2 Å². The van der Waals surface area contributed by atoms with Crippen LogP contribution in [0.15, 0.2) is 42.9 Å². The fourth-order valence-corrected chi connectivity index (χ4v) is 8.98. The number of halogens is 2. The molecular weight excluding hydrogens is 638 g/mol. The summed E-state index contributed by atoms with van der Waals surface area (Å²) in [6.45, 7) is 9.70. The second-order valence-corrected chi connectivity index (χ2v) is 15.2. The molecule has 7 heterocycles. The van der Waals surface area contributed by atoms with Gasteiger partial charge in [0.2, 0.25) is 11.9 Å². The number of nitrogens with zero attached hydrogens (tertiary/aromatic N) is 7. The largest absolute Gasteiger partial charge is 0.378 e. The minimum Gasteiger partial charge on any atom is -0.378 e. The van der Waals surface area contributed by atoms with Gasteiger partial charge < -0.3 is 24.4 Å². The van der Waals surface area contributed by atoms with E-state index in [2.05, 4.69) is 43.2 Å². The lowest BCUT2D eigenvalue weighted by Crippen LogP contribution is -2.59. The third-order valence-electron chi connectivity index (χ3n) is 12.0. The number of rotatable bonds is 7. The Kier molecular flexibility index (Phi) is 7.89. The smallest absolute Gasteiger partial charge is 0.238 e. The molecule has 9 rings (SSSR count). The molecule has 1 aromatic carbocycles. The highest BCUT2D eigenvalue weighted by atomic mass is 19.1. The Labute approximate surface area is 290 Å². The molecule has 4 aromatic rings. The standard InChI is InChI=1S/C38H44F2N8O2/c1-23(2)47-22-42-32-17-30(43-36(35(32)47)44-31-18-34(40)41-19-29(31)39)24-6-7-28-33(14-24)48(26-15-25(16-26)45-10-4-3-5-11-45)37(49)38(28)8-12-46(13-9-38)27-20-50-21-27/h6-7,14,17-19,22-23,25-27H,3-5,8-13,15-16,20-21H2,1-2H3,(H,41,43,44)/t25-,26+. The second kappa shape index (κ2) is 12.3. The van der Waals surface area contributed by atoms with Crippen LogP contribution in [0.3, 0.4) is 0 Å². The lowest BCUT2D eigenvalue weighted by Gasteiger charge is -2.48. The number of anilines is 3. The van der Waals surface area contributed by atoms with Crippen molar-refractivity contribution < 1.29 is 18.3 Å². The summed E-state index contributed by atoms with van der Waals surface area (Å²) in [5.74, 6) is -0.860. The van der Waals surface area contributed by atoms with E-state index in [1.807, 2.05) is 24.5 Å². The van der Waals surface area contributed by atoms with Crippen LogP contribution in [0.25, 0.3) is 22.3 Å². The molecule has 1 amide bonds. The number of imidazole rings is 1. The van der Waals surface area contributed by atoms with E-state index in [1.54, 1.807) is 6.33 Å². The first-order valence-electron chi connectivity index (χ1n) is 18.3. The lowest BCUT2D eigenvalue weighted by molar-refractivity contribution is -0.128. The summed E-state index contributed by atoms with van der Waals surface area (Å²) in [7, 11) is 0. The first-order chi connectivity index (χ1) is 24.3. The average molecular weight is 683 g/mol. The van der Waals surface area contributed by atoms with E-state index in [4.69, 9.17) is 14.7 Å². The number of fused-ring (bicyclic) bond motifs is 3. The number of carbonyl (C=O) groups is 1. The molecule has 0 unspecified atom stereocenters. The highest BCUT2D eigenvalue weighted by Crippen LogP contribution is 2.52. The van der Waals surface area contributed by atoms with Gasteiger partial charge >= 0.3 is 0 Å². The van der Waals surface area contributed by atoms with Crippen LogP contribution in [0.5, 0.6) is 0 Å². The molecule has 1 spiro atoms. The Hall–Kier alpha value is -4.00. The van der Waals surface area contributed by atoms with Gasteiger partial charge in [-0.05, 0) is 96.2 Å². The van der Waals surface area contributed by atoms with Gasteiger partial charge in [0.25, 0.3) is 0 Å². The van der Waals surface area contributed by atoms with Crippen molar-refractivity contribution in [2.75, 3.05) is 49.6 Å². The highest BCUT2D eigenvalue weighted by molar-refractivity contribution is 6.09. The number of pyridine rings is 2. The van der Waals surface area contributed by atoms with Gasteiger partial charge in [0.15, 0.2) is 11.6 Å². The Morgan fingerprint density at radius 3 is 2.40 bits per heavy atom. The molecule has 10 nitrogen and oxygen atoms in total. The molecule has 50 heavy (non-hydrogen) atoms. The monoisotopic (exact) mass is 682 g/mol. The summed E-state index contributed by atoms with van der Waals surface area (Å²) in [6.07, 6.45) is 10.0. The third kappa shape index (κ3) is 5.21. The van der Waals surface area contributed by atoms with E-state index in [0.717, 1.165) is 94.2 Å². The maximum absolute atomic E-state index is 14.8. The molecule has 12 heteroatoms. The van der Waals surface area contributed by atoms with Gasteiger partial charge in [-0.15, -0.1) is 0 Å². The molecule has 262 valence electrons. The van der Waals surface area contributed by atoms with E-state index in [1.165, 1.54) is 19.3 Å². The number of carbonyl (C=O) groups excluding carboxylic acids is 1. The van der Waals surface area contributed by atoms with E-state index >= 15 is 0 Å². The number of likely N-dealkylation sites (tertiary alicyclic amines) is 2. The Bertz CT molecular complexity index is 1940. The topological polar surface area (TPSA) is 91.7 Å². The Morgan fingerprint density at radius 1 is 0.920 bits per heavy atom. The Balaban J connectivity index is 1.10. The van der Waals surface area contributed by atoms with Gasteiger partial charge in [0.05, 0.1) is 54.1 Å². The predicted octanol–water partition coefficient (Wildman–Crippen LogP) is 6.19. The second-order valence-electron chi connectivity index (χ2n) is 15.2.